The molecule has 0 bridgehead atoms. The summed E-state index contributed by atoms with van der Waals surface area (Å²) in [6.45, 7) is 5.08. The number of benzene rings is 2. The third-order valence-electron chi connectivity index (χ3n) is 4.52. The second-order valence-electron chi connectivity index (χ2n) is 6.45. The lowest BCUT2D eigenvalue weighted by Gasteiger charge is -2.19. The zero-order valence-electron chi connectivity index (χ0n) is 15.6. The molecule has 7 heteroatoms. The minimum Gasteiger partial charge on any atom is -0.278 e. The maximum absolute atomic E-state index is 13.4. The smallest absolute Gasteiger partial charge is 0.278 e. The van der Waals surface area contributed by atoms with Gasteiger partial charge in [-0.15, -0.1) is 0 Å². The van der Waals surface area contributed by atoms with Gasteiger partial charge in [-0.1, -0.05) is 59.3 Å². The zero-order valence-corrected chi connectivity index (χ0v) is 17.2. The van der Waals surface area contributed by atoms with Gasteiger partial charge in [-0.05, 0) is 37.6 Å². The van der Waals surface area contributed by atoms with Crippen LogP contribution in [0.1, 0.15) is 28.7 Å². The number of halogens is 1. The molecule has 0 aliphatic heterocycles. The Bertz CT molecular complexity index is 1140. The summed E-state index contributed by atoms with van der Waals surface area (Å²) >= 11 is 7.75. The molecule has 142 valence electrons. The van der Waals surface area contributed by atoms with Crippen LogP contribution in [-0.2, 0) is 13.1 Å². The first kappa shape index (κ1) is 18.7. The predicted octanol–water partition coefficient (Wildman–Crippen LogP) is 5.32. The molecule has 28 heavy (non-hydrogen) atoms. The SMILES string of the molecule is CCn1nc(C(=O)N(Cc2ccccc2)c2nc3c(Cl)cccc3s2)cc1C. The van der Waals surface area contributed by atoms with Gasteiger partial charge >= 0.3 is 0 Å². The highest BCUT2D eigenvalue weighted by atomic mass is 35.5. The van der Waals surface area contributed by atoms with Gasteiger partial charge in [0.1, 0.15) is 5.52 Å². The van der Waals surface area contributed by atoms with Gasteiger partial charge < -0.3 is 0 Å². The highest BCUT2D eigenvalue weighted by Crippen LogP contribution is 2.34. The molecule has 0 N–H and O–H groups in total. The Morgan fingerprint density at radius 2 is 1.96 bits per heavy atom. The molecule has 0 atom stereocenters. The molecule has 0 fully saturated rings. The number of carbonyl (C=O) groups is 1. The van der Waals surface area contributed by atoms with E-state index < -0.39 is 0 Å². The first-order valence-electron chi connectivity index (χ1n) is 9.02. The van der Waals surface area contributed by atoms with Crippen LogP contribution in [0.15, 0.2) is 54.6 Å². The molecule has 4 rings (SSSR count). The lowest BCUT2D eigenvalue weighted by Crippen LogP contribution is -2.30. The molecule has 0 saturated carbocycles. The minimum atomic E-state index is -0.172. The van der Waals surface area contributed by atoms with E-state index in [4.69, 9.17) is 11.6 Å². The number of hydrogen-bond acceptors (Lipinski definition) is 4. The van der Waals surface area contributed by atoms with Crippen molar-refractivity contribution in [1.29, 1.82) is 0 Å². The summed E-state index contributed by atoms with van der Waals surface area (Å²) < 4.78 is 2.77. The van der Waals surface area contributed by atoms with Crippen LogP contribution in [0, 0.1) is 6.92 Å². The molecule has 5 nitrogen and oxygen atoms in total. The van der Waals surface area contributed by atoms with E-state index in [2.05, 4.69) is 10.1 Å². The molecular formula is C21H19ClN4OS. The van der Waals surface area contributed by atoms with Crippen molar-refractivity contribution in [3.63, 3.8) is 0 Å². The fraction of sp³-hybridized carbons (Fsp3) is 0.190. The Hall–Kier alpha value is -2.70. The average molecular weight is 411 g/mol. The molecule has 2 aromatic carbocycles. The van der Waals surface area contributed by atoms with Gasteiger partial charge in [-0.2, -0.15) is 5.10 Å². The van der Waals surface area contributed by atoms with Gasteiger partial charge in [0.15, 0.2) is 10.8 Å². The quantitative estimate of drug-likeness (QED) is 0.447. The van der Waals surface area contributed by atoms with Crippen LogP contribution in [0.2, 0.25) is 5.02 Å². The Kier molecular flexibility index (Phi) is 5.15. The third-order valence-corrected chi connectivity index (χ3v) is 5.87. The van der Waals surface area contributed by atoms with Crippen LogP contribution in [-0.4, -0.2) is 20.7 Å². The molecule has 0 radical (unpaired) electrons. The van der Waals surface area contributed by atoms with E-state index in [9.17, 15) is 4.79 Å². The summed E-state index contributed by atoms with van der Waals surface area (Å²) in [5.41, 5.74) is 3.11. The van der Waals surface area contributed by atoms with Gasteiger partial charge in [0.05, 0.1) is 16.3 Å². The summed E-state index contributed by atoms with van der Waals surface area (Å²) in [6.07, 6.45) is 0. The molecule has 0 unspecified atom stereocenters. The number of hydrogen-bond donors (Lipinski definition) is 0. The summed E-state index contributed by atoms with van der Waals surface area (Å²) in [5, 5.41) is 5.66. The van der Waals surface area contributed by atoms with Crippen molar-refractivity contribution >= 4 is 44.2 Å². The van der Waals surface area contributed by atoms with E-state index in [1.807, 2.05) is 73.1 Å². The first-order valence-corrected chi connectivity index (χ1v) is 10.2. The summed E-state index contributed by atoms with van der Waals surface area (Å²) in [5.74, 6) is -0.172. The molecule has 4 aromatic rings. The van der Waals surface area contributed by atoms with Crippen molar-refractivity contribution in [1.82, 2.24) is 14.8 Å². The van der Waals surface area contributed by atoms with E-state index in [1.54, 1.807) is 4.90 Å². The van der Waals surface area contributed by atoms with E-state index in [1.165, 1.54) is 11.3 Å². The second-order valence-corrected chi connectivity index (χ2v) is 7.86. The summed E-state index contributed by atoms with van der Waals surface area (Å²) in [4.78, 5) is 19.7. The van der Waals surface area contributed by atoms with E-state index in [-0.39, 0.29) is 5.91 Å². The summed E-state index contributed by atoms with van der Waals surface area (Å²) in [6, 6.07) is 17.4. The van der Waals surface area contributed by atoms with Crippen molar-refractivity contribution < 1.29 is 4.79 Å². The zero-order chi connectivity index (χ0) is 19.7. The molecule has 0 saturated heterocycles. The first-order chi connectivity index (χ1) is 13.6. The van der Waals surface area contributed by atoms with Crippen LogP contribution in [0.3, 0.4) is 0 Å². The number of amides is 1. The van der Waals surface area contributed by atoms with Gasteiger partial charge in [-0.3, -0.25) is 14.4 Å². The fourth-order valence-corrected chi connectivity index (χ4v) is 4.35. The summed E-state index contributed by atoms with van der Waals surface area (Å²) in [7, 11) is 0. The normalized spacial score (nSPS) is 11.1. The Morgan fingerprint density at radius 3 is 2.64 bits per heavy atom. The van der Waals surface area contributed by atoms with Crippen molar-refractivity contribution in [2.24, 2.45) is 0 Å². The Balaban J connectivity index is 1.78. The van der Waals surface area contributed by atoms with E-state index in [0.717, 1.165) is 16.0 Å². The predicted molar refractivity (Wildman–Crippen MR) is 114 cm³/mol. The van der Waals surface area contributed by atoms with Crippen LogP contribution < -0.4 is 4.90 Å². The minimum absolute atomic E-state index is 0.172. The van der Waals surface area contributed by atoms with E-state index in [0.29, 0.717) is 34.5 Å². The Morgan fingerprint density at radius 1 is 1.18 bits per heavy atom. The monoisotopic (exact) mass is 410 g/mol. The molecule has 2 heterocycles. The van der Waals surface area contributed by atoms with Gasteiger partial charge in [0, 0.05) is 12.2 Å². The van der Waals surface area contributed by atoms with Crippen molar-refractivity contribution in [2.45, 2.75) is 26.9 Å². The Labute approximate surface area is 172 Å². The lowest BCUT2D eigenvalue weighted by atomic mass is 10.2. The fourth-order valence-electron chi connectivity index (χ4n) is 3.08. The van der Waals surface area contributed by atoms with Crippen molar-refractivity contribution in [3.8, 4) is 0 Å². The number of nitrogens with zero attached hydrogens (tertiary/aromatic N) is 4. The van der Waals surface area contributed by atoms with Crippen LogP contribution in [0.25, 0.3) is 10.2 Å². The molecular weight excluding hydrogens is 392 g/mol. The number of rotatable bonds is 5. The van der Waals surface area contributed by atoms with Crippen molar-refractivity contribution in [2.75, 3.05) is 4.90 Å². The van der Waals surface area contributed by atoms with Crippen LogP contribution in [0.5, 0.6) is 0 Å². The molecule has 2 aromatic heterocycles. The number of para-hydroxylation sites is 1. The molecule has 0 aliphatic rings. The number of fused-ring (bicyclic) bond motifs is 1. The number of aryl methyl sites for hydroxylation is 2. The largest absolute Gasteiger partial charge is 0.280 e. The molecule has 0 aliphatic carbocycles. The standard InChI is InChI=1S/C21H19ClN4OS/c1-3-26-14(2)12-17(24-26)20(27)25(13-15-8-5-4-6-9-15)21-23-19-16(22)10-7-11-18(19)28-21/h4-12H,3,13H2,1-2H3. The highest BCUT2D eigenvalue weighted by Gasteiger charge is 2.24. The van der Waals surface area contributed by atoms with Gasteiger partial charge in [0.2, 0.25) is 0 Å². The number of thiazole rings is 1. The lowest BCUT2D eigenvalue weighted by molar-refractivity contribution is 0.0979. The van der Waals surface area contributed by atoms with Crippen LogP contribution in [0.4, 0.5) is 5.13 Å². The molecule has 1 amide bonds. The number of anilines is 1. The second kappa shape index (κ2) is 7.73. The van der Waals surface area contributed by atoms with Crippen molar-refractivity contribution in [3.05, 3.63) is 76.6 Å². The number of carbonyl (C=O) groups excluding carboxylic acids is 1. The average Bonchev–Trinajstić information content (AvgIpc) is 3.30. The molecule has 0 spiro atoms. The highest BCUT2D eigenvalue weighted by molar-refractivity contribution is 7.22. The van der Waals surface area contributed by atoms with E-state index >= 15 is 0 Å². The maximum Gasteiger partial charge on any atom is 0.280 e. The number of aromatic nitrogens is 3. The van der Waals surface area contributed by atoms with Gasteiger partial charge in [0.25, 0.3) is 5.91 Å². The third kappa shape index (κ3) is 3.53. The van der Waals surface area contributed by atoms with Crippen LogP contribution >= 0.6 is 22.9 Å². The maximum atomic E-state index is 13.4. The van der Waals surface area contributed by atoms with Gasteiger partial charge in [-0.25, -0.2) is 4.98 Å². The topological polar surface area (TPSA) is 51.0 Å².